The van der Waals surface area contributed by atoms with Gasteiger partial charge in [0.1, 0.15) is 0 Å². The predicted octanol–water partition coefficient (Wildman–Crippen LogP) is 5.97. The first-order valence-corrected chi connectivity index (χ1v) is 12.4. The Morgan fingerprint density at radius 3 is 2.11 bits per heavy atom. The van der Waals surface area contributed by atoms with Gasteiger partial charge in [-0.25, -0.2) is 0 Å². The fourth-order valence-corrected chi connectivity index (χ4v) is 4.68. The lowest BCUT2D eigenvalue weighted by Crippen LogP contribution is -2.36. The summed E-state index contributed by atoms with van der Waals surface area (Å²) in [6, 6.07) is 33.8. The van der Waals surface area contributed by atoms with E-state index in [4.69, 9.17) is 0 Å². The minimum Gasteiger partial charge on any atom is -0.338 e. The fraction of sp³-hybridized carbons (Fsp3) is 0.188. The molecule has 0 fully saturated rings. The van der Waals surface area contributed by atoms with Crippen molar-refractivity contribution < 1.29 is 9.59 Å². The molecule has 1 heterocycles. The monoisotopic (exact) mass is 474 g/mol. The average molecular weight is 475 g/mol. The molecular formula is C32H30N2O2. The van der Waals surface area contributed by atoms with E-state index in [1.165, 1.54) is 16.7 Å². The predicted molar refractivity (Wildman–Crippen MR) is 144 cm³/mol. The largest absolute Gasteiger partial charge is 0.338 e. The van der Waals surface area contributed by atoms with Crippen molar-refractivity contribution in [2.24, 2.45) is 0 Å². The van der Waals surface area contributed by atoms with Crippen LogP contribution in [0.3, 0.4) is 0 Å². The third-order valence-electron chi connectivity index (χ3n) is 6.81. The molecule has 1 aliphatic heterocycles. The van der Waals surface area contributed by atoms with E-state index >= 15 is 0 Å². The van der Waals surface area contributed by atoms with Crippen molar-refractivity contribution in [3.8, 4) is 0 Å². The second kappa shape index (κ2) is 10.6. The number of anilines is 1. The maximum atomic E-state index is 13.5. The molecule has 4 aromatic carbocycles. The van der Waals surface area contributed by atoms with E-state index in [9.17, 15) is 9.59 Å². The Hall–Kier alpha value is -4.18. The molecule has 0 spiro atoms. The van der Waals surface area contributed by atoms with Crippen molar-refractivity contribution in [1.82, 2.24) is 4.90 Å². The van der Waals surface area contributed by atoms with Crippen LogP contribution in [0.15, 0.2) is 103 Å². The molecule has 4 nitrogen and oxygen atoms in total. The van der Waals surface area contributed by atoms with Gasteiger partial charge in [0, 0.05) is 24.3 Å². The van der Waals surface area contributed by atoms with Crippen LogP contribution in [0.25, 0.3) is 0 Å². The van der Waals surface area contributed by atoms with Crippen LogP contribution in [-0.2, 0) is 30.7 Å². The summed E-state index contributed by atoms with van der Waals surface area (Å²) in [5.74, 6) is 0.0844. The molecule has 4 heteroatoms. The number of aryl methyl sites for hydroxylation is 1. The molecule has 0 unspecified atom stereocenters. The van der Waals surface area contributed by atoms with Crippen LogP contribution < -0.4 is 4.90 Å². The summed E-state index contributed by atoms with van der Waals surface area (Å²) in [5.41, 5.74) is 7.23. The van der Waals surface area contributed by atoms with E-state index in [1.54, 1.807) is 4.90 Å². The smallest absolute Gasteiger partial charge is 0.258 e. The van der Waals surface area contributed by atoms with Gasteiger partial charge in [-0.1, -0.05) is 84.4 Å². The van der Waals surface area contributed by atoms with Crippen LogP contribution >= 0.6 is 0 Å². The zero-order valence-corrected chi connectivity index (χ0v) is 20.6. The summed E-state index contributed by atoms with van der Waals surface area (Å²) in [6.45, 7) is 3.95. The van der Waals surface area contributed by atoms with Crippen LogP contribution in [0.5, 0.6) is 0 Å². The topological polar surface area (TPSA) is 40.6 Å². The highest BCUT2D eigenvalue weighted by Gasteiger charge is 2.21. The Morgan fingerprint density at radius 1 is 0.750 bits per heavy atom. The summed E-state index contributed by atoms with van der Waals surface area (Å²) in [5, 5.41) is 0. The summed E-state index contributed by atoms with van der Waals surface area (Å²) >= 11 is 0. The molecule has 0 atom stereocenters. The summed E-state index contributed by atoms with van der Waals surface area (Å²) in [6.07, 6.45) is 1.25. The third-order valence-corrected chi connectivity index (χ3v) is 6.81. The molecule has 0 aliphatic carbocycles. The Labute approximate surface area is 212 Å². The number of hydrogen-bond acceptors (Lipinski definition) is 2. The molecule has 0 N–H and O–H groups in total. The molecule has 1 aliphatic rings. The minimum absolute atomic E-state index is 0.0491. The Bertz CT molecular complexity index is 1350. The third kappa shape index (κ3) is 5.38. The SMILES string of the molecule is Cc1ccc(CN(C(=O)c2ccccc2)c2ccc(CC(=O)N3CCc4ccccc4C3)cc2)cc1. The van der Waals surface area contributed by atoms with E-state index < -0.39 is 0 Å². The molecule has 0 radical (unpaired) electrons. The maximum absolute atomic E-state index is 13.5. The number of nitrogens with zero attached hydrogens (tertiary/aromatic N) is 2. The standard InChI is InChI=1S/C32H30N2O2/c1-24-11-13-26(14-12-24)22-34(32(36)28-8-3-2-4-9-28)30-17-15-25(16-18-30)21-31(35)33-20-19-27-7-5-6-10-29(27)23-33/h2-18H,19-23H2,1H3. The first-order valence-electron chi connectivity index (χ1n) is 12.4. The first-order chi connectivity index (χ1) is 17.6. The van der Waals surface area contributed by atoms with Crippen molar-refractivity contribution in [2.75, 3.05) is 11.4 Å². The number of carbonyl (C=O) groups excluding carboxylic acids is 2. The van der Waals surface area contributed by atoms with Crippen molar-refractivity contribution in [3.05, 3.63) is 137 Å². The van der Waals surface area contributed by atoms with Gasteiger partial charge >= 0.3 is 0 Å². The lowest BCUT2D eigenvalue weighted by atomic mass is 9.99. The van der Waals surface area contributed by atoms with Gasteiger partial charge in [-0.05, 0) is 59.9 Å². The summed E-state index contributed by atoms with van der Waals surface area (Å²) < 4.78 is 0. The van der Waals surface area contributed by atoms with Gasteiger partial charge in [0.15, 0.2) is 0 Å². The molecule has 180 valence electrons. The molecule has 0 bridgehead atoms. The van der Waals surface area contributed by atoms with Crippen molar-refractivity contribution in [2.45, 2.75) is 32.9 Å². The minimum atomic E-state index is -0.0491. The van der Waals surface area contributed by atoms with Crippen LogP contribution in [0, 0.1) is 6.92 Å². The number of fused-ring (bicyclic) bond motifs is 1. The second-order valence-electron chi connectivity index (χ2n) is 9.42. The van der Waals surface area contributed by atoms with Gasteiger partial charge in [0.25, 0.3) is 5.91 Å². The number of benzene rings is 4. The van der Waals surface area contributed by atoms with Gasteiger partial charge in [-0.15, -0.1) is 0 Å². The number of carbonyl (C=O) groups is 2. The number of hydrogen-bond donors (Lipinski definition) is 0. The zero-order chi connectivity index (χ0) is 24.9. The van der Waals surface area contributed by atoms with Crippen molar-refractivity contribution in [3.63, 3.8) is 0 Å². The normalized spacial score (nSPS) is 12.6. The van der Waals surface area contributed by atoms with Gasteiger partial charge in [-0.3, -0.25) is 9.59 Å². The Morgan fingerprint density at radius 2 is 1.39 bits per heavy atom. The molecular weight excluding hydrogens is 444 g/mol. The highest BCUT2D eigenvalue weighted by atomic mass is 16.2. The van der Waals surface area contributed by atoms with Gasteiger partial charge < -0.3 is 9.80 Å². The van der Waals surface area contributed by atoms with E-state index in [1.807, 2.05) is 65.6 Å². The zero-order valence-electron chi connectivity index (χ0n) is 20.6. The van der Waals surface area contributed by atoms with Crippen LogP contribution in [0.4, 0.5) is 5.69 Å². The van der Waals surface area contributed by atoms with E-state index in [2.05, 4.69) is 49.4 Å². The number of amides is 2. The maximum Gasteiger partial charge on any atom is 0.258 e. The van der Waals surface area contributed by atoms with Crippen LogP contribution in [0.1, 0.15) is 38.2 Å². The van der Waals surface area contributed by atoms with E-state index in [-0.39, 0.29) is 11.8 Å². The van der Waals surface area contributed by atoms with Crippen molar-refractivity contribution in [1.29, 1.82) is 0 Å². The molecule has 0 saturated carbocycles. The quantitative estimate of drug-likeness (QED) is 0.345. The summed E-state index contributed by atoms with van der Waals surface area (Å²) in [4.78, 5) is 30.2. The average Bonchev–Trinajstić information content (AvgIpc) is 2.93. The summed E-state index contributed by atoms with van der Waals surface area (Å²) in [7, 11) is 0. The molecule has 2 amide bonds. The molecule has 36 heavy (non-hydrogen) atoms. The molecule has 5 rings (SSSR count). The van der Waals surface area contributed by atoms with Crippen molar-refractivity contribution >= 4 is 17.5 Å². The first kappa shape index (κ1) is 23.6. The van der Waals surface area contributed by atoms with Gasteiger partial charge in [-0.2, -0.15) is 0 Å². The van der Waals surface area contributed by atoms with Gasteiger partial charge in [0.2, 0.25) is 5.91 Å². The molecule has 0 saturated heterocycles. The van der Waals surface area contributed by atoms with Crippen LogP contribution in [-0.4, -0.2) is 23.3 Å². The molecule has 0 aromatic heterocycles. The Kier molecular flexibility index (Phi) is 6.94. The van der Waals surface area contributed by atoms with E-state index in [0.717, 1.165) is 29.8 Å². The highest BCUT2D eigenvalue weighted by Crippen LogP contribution is 2.23. The lowest BCUT2D eigenvalue weighted by molar-refractivity contribution is -0.131. The Balaban J connectivity index is 1.32. The van der Waals surface area contributed by atoms with Crippen LogP contribution in [0.2, 0.25) is 0 Å². The second-order valence-corrected chi connectivity index (χ2v) is 9.42. The molecule has 4 aromatic rings. The fourth-order valence-electron chi connectivity index (χ4n) is 4.68. The highest BCUT2D eigenvalue weighted by molar-refractivity contribution is 6.06. The lowest BCUT2D eigenvalue weighted by Gasteiger charge is -2.29. The van der Waals surface area contributed by atoms with E-state index in [0.29, 0.717) is 25.1 Å². The van der Waals surface area contributed by atoms with Gasteiger partial charge in [0.05, 0.1) is 13.0 Å². The number of rotatable bonds is 6.